The standard InChI is InChI=1S/C28H40BrN3O6/c1-15(10-16(2)12-18(4)33)11-17(3)26(36)32-20(6)28(38)31(7)23(25(35)30-19(5)27(32)37)14-21-8-9-24(34)22(29)13-21/h8-10,13,16-20,23,33-34H,11-12,14H2,1-7H3,(H,30,35). The number of rotatable bonds is 8. The molecule has 210 valence electrons. The van der Waals surface area contributed by atoms with Crippen LogP contribution in [-0.4, -0.2) is 74.9 Å². The largest absolute Gasteiger partial charge is 0.507 e. The molecule has 1 aromatic carbocycles. The van der Waals surface area contributed by atoms with Gasteiger partial charge in [-0.15, -0.1) is 0 Å². The molecule has 0 aromatic heterocycles. The smallest absolute Gasteiger partial charge is 0.252 e. The number of carbonyl (C=O) groups is 4. The minimum Gasteiger partial charge on any atom is -0.507 e. The number of aliphatic hydroxyl groups is 1. The van der Waals surface area contributed by atoms with E-state index in [0.29, 0.717) is 22.9 Å². The van der Waals surface area contributed by atoms with Crippen molar-refractivity contribution in [2.75, 3.05) is 7.05 Å². The molecule has 0 bridgehead atoms. The summed E-state index contributed by atoms with van der Waals surface area (Å²) in [4.78, 5) is 55.9. The molecule has 0 spiro atoms. The van der Waals surface area contributed by atoms with Gasteiger partial charge in [0.1, 0.15) is 23.9 Å². The van der Waals surface area contributed by atoms with Gasteiger partial charge in [0.25, 0.3) is 5.91 Å². The molecule has 1 heterocycles. The average molecular weight is 595 g/mol. The van der Waals surface area contributed by atoms with Crippen LogP contribution in [0.5, 0.6) is 5.75 Å². The summed E-state index contributed by atoms with van der Waals surface area (Å²) in [5.41, 5.74) is 1.65. The number of nitrogens with one attached hydrogen (secondary N) is 1. The number of likely N-dealkylation sites (N-methyl/N-ethyl adjacent to an activating group) is 1. The highest BCUT2D eigenvalue weighted by Crippen LogP contribution is 2.26. The number of carbonyl (C=O) groups excluding carboxylic acids is 4. The maximum absolute atomic E-state index is 13.5. The van der Waals surface area contributed by atoms with Crippen molar-refractivity contribution in [3.8, 4) is 5.75 Å². The van der Waals surface area contributed by atoms with Crippen LogP contribution in [0.3, 0.4) is 0 Å². The molecule has 3 N–H and O–H groups in total. The van der Waals surface area contributed by atoms with Gasteiger partial charge in [-0.1, -0.05) is 31.6 Å². The molecule has 1 saturated heterocycles. The summed E-state index contributed by atoms with van der Waals surface area (Å²) in [6.45, 7) is 10.3. The second-order valence-corrected chi connectivity index (χ2v) is 11.4. The molecule has 4 amide bonds. The third kappa shape index (κ3) is 7.89. The van der Waals surface area contributed by atoms with Crippen LogP contribution in [0.2, 0.25) is 0 Å². The first-order valence-corrected chi connectivity index (χ1v) is 13.7. The normalized spacial score (nSPS) is 23.8. The molecule has 1 aliphatic rings. The van der Waals surface area contributed by atoms with Gasteiger partial charge in [-0.25, -0.2) is 0 Å². The van der Waals surface area contributed by atoms with Crippen LogP contribution in [0.1, 0.15) is 59.9 Å². The van der Waals surface area contributed by atoms with E-state index in [1.807, 2.05) is 19.9 Å². The molecule has 2 rings (SSSR count). The first-order valence-electron chi connectivity index (χ1n) is 12.9. The van der Waals surface area contributed by atoms with Crippen molar-refractivity contribution in [1.29, 1.82) is 0 Å². The third-order valence-electron chi connectivity index (χ3n) is 6.84. The number of aliphatic hydroxyl groups excluding tert-OH is 1. The topological polar surface area (TPSA) is 127 Å². The Bertz CT molecular complexity index is 1090. The molecule has 9 nitrogen and oxygen atoms in total. The lowest BCUT2D eigenvalue weighted by molar-refractivity contribution is -0.156. The van der Waals surface area contributed by atoms with Crippen molar-refractivity contribution < 1.29 is 29.4 Å². The molecular formula is C28H40BrN3O6. The average Bonchev–Trinajstić information content (AvgIpc) is 2.83. The van der Waals surface area contributed by atoms with Gasteiger partial charge in [-0.2, -0.15) is 0 Å². The quantitative estimate of drug-likeness (QED) is 0.397. The zero-order valence-electron chi connectivity index (χ0n) is 23.2. The van der Waals surface area contributed by atoms with E-state index in [0.717, 1.165) is 10.5 Å². The lowest BCUT2D eigenvalue weighted by Crippen LogP contribution is -2.55. The molecule has 1 aliphatic heterocycles. The highest BCUT2D eigenvalue weighted by atomic mass is 79.9. The number of aromatic hydroxyl groups is 1. The van der Waals surface area contributed by atoms with E-state index >= 15 is 0 Å². The van der Waals surface area contributed by atoms with Crippen molar-refractivity contribution in [2.45, 2.75) is 85.0 Å². The zero-order valence-corrected chi connectivity index (χ0v) is 24.8. The first kappa shape index (κ1) is 31.5. The van der Waals surface area contributed by atoms with Crippen LogP contribution in [0.15, 0.2) is 34.3 Å². The Hall–Kier alpha value is -2.72. The molecule has 0 saturated carbocycles. The van der Waals surface area contributed by atoms with Crippen molar-refractivity contribution in [1.82, 2.24) is 15.1 Å². The highest BCUT2D eigenvalue weighted by Gasteiger charge is 2.42. The van der Waals surface area contributed by atoms with E-state index in [1.54, 1.807) is 26.0 Å². The number of hydrogen-bond donors (Lipinski definition) is 3. The van der Waals surface area contributed by atoms with Crippen LogP contribution >= 0.6 is 15.9 Å². The van der Waals surface area contributed by atoms with Crippen LogP contribution in [-0.2, 0) is 25.6 Å². The Morgan fingerprint density at radius 3 is 2.37 bits per heavy atom. The van der Waals surface area contributed by atoms with Gasteiger partial charge in [-0.05, 0) is 80.1 Å². The van der Waals surface area contributed by atoms with Crippen molar-refractivity contribution in [2.24, 2.45) is 11.8 Å². The number of nitrogens with zero attached hydrogens (tertiary/aromatic N) is 2. The monoisotopic (exact) mass is 593 g/mol. The molecular weight excluding hydrogens is 554 g/mol. The fourth-order valence-electron chi connectivity index (χ4n) is 4.90. The van der Waals surface area contributed by atoms with E-state index in [4.69, 9.17) is 0 Å². The first-order chi connectivity index (χ1) is 17.6. The minimum absolute atomic E-state index is 0.0516. The summed E-state index contributed by atoms with van der Waals surface area (Å²) >= 11 is 3.26. The number of amides is 4. The summed E-state index contributed by atoms with van der Waals surface area (Å²) in [5, 5.41) is 22.1. The predicted octanol–water partition coefficient (Wildman–Crippen LogP) is 3.17. The zero-order chi connectivity index (χ0) is 28.9. The minimum atomic E-state index is -1.11. The van der Waals surface area contributed by atoms with Gasteiger partial charge in [-0.3, -0.25) is 24.1 Å². The van der Waals surface area contributed by atoms with Crippen molar-refractivity contribution in [3.63, 3.8) is 0 Å². The molecule has 1 aromatic rings. The fourth-order valence-corrected chi connectivity index (χ4v) is 5.33. The molecule has 6 unspecified atom stereocenters. The Morgan fingerprint density at radius 2 is 1.79 bits per heavy atom. The third-order valence-corrected chi connectivity index (χ3v) is 7.47. The highest BCUT2D eigenvalue weighted by molar-refractivity contribution is 9.10. The van der Waals surface area contributed by atoms with E-state index < -0.39 is 53.8 Å². The van der Waals surface area contributed by atoms with E-state index in [9.17, 15) is 29.4 Å². The number of imide groups is 1. The van der Waals surface area contributed by atoms with Crippen LogP contribution in [0.4, 0.5) is 0 Å². The Morgan fingerprint density at radius 1 is 1.16 bits per heavy atom. The Labute approximate surface area is 233 Å². The predicted molar refractivity (Wildman–Crippen MR) is 148 cm³/mol. The van der Waals surface area contributed by atoms with Crippen molar-refractivity contribution >= 4 is 39.6 Å². The Balaban J connectivity index is 2.31. The fraction of sp³-hybridized carbons (Fsp3) is 0.571. The maximum atomic E-state index is 13.5. The van der Waals surface area contributed by atoms with Gasteiger partial charge in [0.2, 0.25) is 17.7 Å². The van der Waals surface area contributed by atoms with Crippen LogP contribution in [0, 0.1) is 11.8 Å². The van der Waals surface area contributed by atoms with Gasteiger partial charge >= 0.3 is 0 Å². The van der Waals surface area contributed by atoms with E-state index in [2.05, 4.69) is 21.2 Å². The molecule has 0 aliphatic carbocycles. The molecule has 0 radical (unpaired) electrons. The lowest BCUT2D eigenvalue weighted by Gasteiger charge is -2.33. The number of allylic oxidation sites excluding steroid dienone is 2. The molecule has 1 fully saturated rings. The summed E-state index contributed by atoms with van der Waals surface area (Å²) in [6.07, 6.45) is 2.72. The number of halogens is 1. The number of phenolic OH excluding ortho intramolecular Hbond substituents is 1. The number of phenols is 1. The number of hydrogen-bond acceptors (Lipinski definition) is 6. The van der Waals surface area contributed by atoms with Crippen LogP contribution < -0.4 is 5.32 Å². The van der Waals surface area contributed by atoms with Gasteiger partial charge in [0.05, 0.1) is 10.6 Å². The number of benzene rings is 1. The van der Waals surface area contributed by atoms with E-state index in [-0.39, 0.29) is 18.1 Å². The Kier molecular flexibility index (Phi) is 11.1. The molecule has 6 atom stereocenters. The summed E-state index contributed by atoms with van der Waals surface area (Å²) < 4.78 is 0.458. The summed E-state index contributed by atoms with van der Waals surface area (Å²) in [5.74, 6) is -2.56. The van der Waals surface area contributed by atoms with Gasteiger partial charge < -0.3 is 20.4 Å². The molecule has 10 heteroatoms. The maximum Gasteiger partial charge on any atom is 0.252 e. The van der Waals surface area contributed by atoms with Gasteiger partial charge in [0.15, 0.2) is 0 Å². The van der Waals surface area contributed by atoms with E-state index in [1.165, 1.54) is 31.9 Å². The van der Waals surface area contributed by atoms with Crippen molar-refractivity contribution in [3.05, 3.63) is 39.9 Å². The SMILES string of the molecule is CC(=CC(C)CC(C)O)CC(C)C(=O)N1C(=O)C(C)NC(=O)C(Cc2ccc(O)c(Br)c2)N(C)C(=O)C1C. The van der Waals surface area contributed by atoms with Crippen LogP contribution in [0.25, 0.3) is 0 Å². The summed E-state index contributed by atoms with van der Waals surface area (Å²) in [6, 6.07) is 1.77. The van der Waals surface area contributed by atoms with Gasteiger partial charge in [0, 0.05) is 19.4 Å². The summed E-state index contributed by atoms with van der Waals surface area (Å²) in [7, 11) is 1.49. The second-order valence-electron chi connectivity index (χ2n) is 10.6. The lowest BCUT2D eigenvalue weighted by atomic mass is 9.95. The second kappa shape index (κ2) is 13.4. The molecule has 38 heavy (non-hydrogen) atoms.